The average molecular weight is 428 g/mol. The Morgan fingerprint density at radius 1 is 0.704 bits per heavy atom. The molecule has 2 rings (SSSR count). The van der Waals surface area contributed by atoms with Crippen LogP contribution < -0.4 is 9.47 Å². The van der Waals surface area contributed by atoms with Gasteiger partial charge in [-0.05, 0) is 47.9 Å². The molecular weight excluding hydrogens is 407 g/mol. The van der Waals surface area contributed by atoms with Crippen molar-refractivity contribution in [3.63, 3.8) is 0 Å². The molecule has 11 heteroatoms. The first-order valence-corrected chi connectivity index (χ1v) is 11.0. The van der Waals surface area contributed by atoms with Crippen molar-refractivity contribution < 1.29 is 35.4 Å². The number of benzene rings is 2. The van der Waals surface area contributed by atoms with Gasteiger partial charge in [-0.2, -0.15) is 16.8 Å². The van der Waals surface area contributed by atoms with Crippen molar-refractivity contribution in [1.82, 2.24) is 0 Å². The monoisotopic (exact) mass is 428 g/mol. The van der Waals surface area contributed by atoms with Gasteiger partial charge in [0.05, 0.1) is 24.7 Å². The first-order chi connectivity index (χ1) is 12.1. The molecule has 0 aliphatic rings. The van der Waals surface area contributed by atoms with Gasteiger partial charge in [-0.1, -0.05) is 12.1 Å². The zero-order valence-corrected chi connectivity index (χ0v) is 15.5. The summed E-state index contributed by atoms with van der Waals surface area (Å²) in [4.78, 5) is 0. The first kappa shape index (κ1) is 24.2. The summed E-state index contributed by atoms with van der Waals surface area (Å²) in [6.45, 7) is 0.300. The van der Waals surface area contributed by atoms with Crippen LogP contribution in [-0.2, 0) is 20.2 Å². The minimum atomic E-state index is -3.99. The van der Waals surface area contributed by atoms with Gasteiger partial charge in [0, 0.05) is 0 Å². The normalized spacial score (nSPS) is 11.8. The number of hydrogen-bond donors (Lipinski definition) is 2. The van der Waals surface area contributed by atoms with Gasteiger partial charge in [-0.25, -0.2) is 0 Å². The second kappa shape index (κ2) is 10.6. The van der Waals surface area contributed by atoms with E-state index in [-0.39, 0.29) is 67.1 Å². The van der Waals surface area contributed by atoms with Gasteiger partial charge in [-0.15, -0.1) is 0 Å². The van der Waals surface area contributed by atoms with E-state index in [1.54, 1.807) is 24.3 Å². The van der Waals surface area contributed by atoms with Crippen molar-refractivity contribution in [2.45, 2.75) is 12.8 Å². The van der Waals surface area contributed by atoms with Crippen molar-refractivity contribution in [2.75, 3.05) is 24.7 Å². The average Bonchev–Trinajstić information content (AvgIpc) is 2.53. The third-order valence-corrected chi connectivity index (χ3v) is 5.02. The maximum atomic E-state index is 10.7. The van der Waals surface area contributed by atoms with E-state index in [4.69, 9.17) is 18.6 Å². The number of fused-ring (bicyclic) bond motifs is 1. The summed E-state index contributed by atoms with van der Waals surface area (Å²) in [5.41, 5.74) is 0. The summed E-state index contributed by atoms with van der Waals surface area (Å²) >= 11 is 0. The van der Waals surface area contributed by atoms with Crippen LogP contribution in [0.3, 0.4) is 0 Å². The van der Waals surface area contributed by atoms with Crippen LogP contribution in [0.25, 0.3) is 10.8 Å². The Morgan fingerprint density at radius 2 is 1.11 bits per heavy atom. The molecule has 146 valence electrons. The fourth-order valence-corrected chi connectivity index (χ4v) is 3.21. The molecule has 0 unspecified atom stereocenters. The third-order valence-electron chi connectivity index (χ3n) is 3.41. The van der Waals surface area contributed by atoms with E-state index < -0.39 is 20.2 Å². The molecule has 0 fully saturated rings. The Labute approximate surface area is 180 Å². The van der Waals surface area contributed by atoms with Crippen LogP contribution in [0.1, 0.15) is 12.8 Å². The van der Waals surface area contributed by atoms with Crippen molar-refractivity contribution >= 4 is 60.6 Å². The molecule has 0 spiro atoms. The van der Waals surface area contributed by atoms with Crippen LogP contribution in [0.4, 0.5) is 0 Å². The van der Waals surface area contributed by atoms with Crippen LogP contribution in [-0.4, -0.2) is 80.2 Å². The maximum absolute atomic E-state index is 10.7. The van der Waals surface area contributed by atoms with Gasteiger partial charge in [0.1, 0.15) is 11.5 Å². The van der Waals surface area contributed by atoms with Crippen molar-refractivity contribution in [3.8, 4) is 11.5 Å². The molecule has 0 amide bonds. The summed E-state index contributed by atoms with van der Waals surface area (Å²) in [5.74, 6) is 0.386. The predicted molar refractivity (Wildman–Crippen MR) is 104 cm³/mol. The Kier molecular flexibility index (Phi) is 9.49. The molecule has 2 aromatic carbocycles. The molecule has 27 heavy (non-hydrogen) atoms. The van der Waals surface area contributed by atoms with Crippen molar-refractivity contribution in [1.29, 1.82) is 0 Å². The molecule has 2 aromatic rings. The Morgan fingerprint density at radius 3 is 1.48 bits per heavy atom. The Hall–Kier alpha value is -0.880. The third kappa shape index (κ3) is 9.74. The van der Waals surface area contributed by atoms with Crippen LogP contribution >= 0.6 is 0 Å². The minimum absolute atomic E-state index is 0. The van der Waals surface area contributed by atoms with Gasteiger partial charge in [0.15, 0.2) is 0 Å². The molecular formula is C16H21NaO8S2. The van der Waals surface area contributed by atoms with Crippen LogP contribution in [0.2, 0.25) is 0 Å². The molecule has 0 radical (unpaired) electrons. The van der Waals surface area contributed by atoms with Crippen LogP contribution in [0, 0.1) is 0 Å². The van der Waals surface area contributed by atoms with Crippen molar-refractivity contribution in [2.24, 2.45) is 0 Å². The first-order valence-electron chi connectivity index (χ1n) is 7.82. The number of hydrogen-bond acceptors (Lipinski definition) is 6. The van der Waals surface area contributed by atoms with Gasteiger partial charge in [-0.3, -0.25) is 9.11 Å². The Bertz CT molecular complexity index is 883. The molecule has 0 atom stereocenters. The molecule has 0 aliphatic carbocycles. The second-order valence-corrected chi connectivity index (χ2v) is 8.79. The SMILES string of the molecule is O=S(=O)(O)CCCOc1ccc2ccc(OCCCS(=O)(=O)O)cc2c1.[NaH]. The predicted octanol–water partition coefficient (Wildman–Crippen LogP) is 1.50. The summed E-state index contributed by atoms with van der Waals surface area (Å²) < 4.78 is 70.9. The molecule has 0 saturated carbocycles. The zero-order chi connectivity index (χ0) is 19.2. The number of ether oxygens (including phenoxy) is 2. The standard InChI is InChI=1S/C16H20O8S2.Na.H/c17-25(18,19)9-1-7-23-15-5-3-13-4-6-16(12-14(13)11-15)24-8-2-10-26(20,21)22;;/h3-6,11-12H,1-2,7-10H2,(H,17,18,19)(H,20,21,22);;. The summed E-state index contributed by atoms with van der Waals surface area (Å²) in [6.07, 6.45) is 0.349. The van der Waals surface area contributed by atoms with Crippen LogP contribution in [0.15, 0.2) is 36.4 Å². The van der Waals surface area contributed by atoms with E-state index in [0.29, 0.717) is 11.5 Å². The summed E-state index contributed by atoms with van der Waals surface area (Å²) in [6, 6.07) is 10.7. The topological polar surface area (TPSA) is 127 Å². The van der Waals surface area contributed by atoms with Crippen LogP contribution in [0.5, 0.6) is 11.5 Å². The van der Waals surface area contributed by atoms with E-state index >= 15 is 0 Å². The molecule has 8 nitrogen and oxygen atoms in total. The molecule has 2 N–H and O–H groups in total. The molecule has 0 saturated heterocycles. The molecule has 0 bridgehead atoms. The quantitative estimate of drug-likeness (QED) is 0.331. The summed E-state index contributed by atoms with van der Waals surface area (Å²) in [5, 5.41) is 1.78. The van der Waals surface area contributed by atoms with Gasteiger partial charge in [0.25, 0.3) is 20.2 Å². The van der Waals surface area contributed by atoms with Gasteiger partial charge in [0.2, 0.25) is 0 Å². The van der Waals surface area contributed by atoms with E-state index in [2.05, 4.69) is 0 Å². The fourth-order valence-electron chi connectivity index (χ4n) is 2.25. The van der Waals surface area contributed by atoms with Gasteiger partial charge < -0.3 is 9.47 Å². The zero-order valence-electron chi connectivity index (χ0n) is 13.9. The van der Waals surface area contributed by atoms with E-state index in [0.717, 1.165) is 10.8 Å². The Balaban J connectivity index is 0.00000364. The van der Waals surface area contributed by atoms with E-state index in [1.165, 1.54) is 0 Å². The number of rotatable bonds is 10. The second-order valence-electron chi connectivity index (χ2n) is 5.65. The molecule has 0 heterocycles. The summed E-state index contributed by atoms with van der Waals surface area (Å²) in [7, 11) is -7.98. The molecule has 0 aromatic heterocycles. The van der Waals surface area contributed by atoms with Crippen molar-refractivity contribution in [3.05, 3.63) is 36.4 Å². The fraction of sp³-hybridized carbons (Fsp3) is 0.375. The van der Waals surface area contributed by atoms with E-state index in [1.807, 2.05) is 12.1 Å². The van der Waals surface area contributed by atoms with E-state index in [9.17, 15) is 16.8 Å². The molecule has 0 aliphatic heterocycles. The van der Waals surface area contributed by atoms with Gasteiger partial charge >= 0.3 is 29.6 Å².